The average molecular weight is 326 g/mol. The van der Waals surface area contributed by atoms with Crippen LogP contribution in [0.15, 0.2) is 17.3 Å². The molecule has 1 heterocycles. The van der Waals surface area contributed by atoms with Crippen LogP contribution in [0.5, 0.6) is 0 Å². The molecule has 0 bridgehead atoms. The van der Waals surface area contributed by atoms with E-state index in [2.05, 4.69) is 0 Å². The number of alkyl halides is 1. The molecule has 0 saturated heterocycles. The number of hydrogen-bond acceptors (Lipinski definition) is 2. The number of rotatable bonds is 0. The van der Waals surface area contributed by atoms with Gasteiger partial charge in [-0.2, -0.15) is 0 Å². The summed E-state index contributed by atoms with van der Waals surface area (Å²) >= 11 is 24.3. The first kappa shape index (κ1) is 13.8. The van der Waals surface area contributed by atoms with Gasteiger partial charge >= 0.3 is 0 Å². The van der Waals surface area contributed by atoms with Gasteiger partial charge in [0.15, 0.2) is 0 Å². The van der Waals surface area contributed by atoms with E-state index in [-0.39, 0.29) is 16.1 Å². The van der Waals surface area contributed by atoms with Gasteiger partial charge in [0, 0.05) is 18.1 Å². The van der Waals surface area contributed by atoms with Crippen LogP contribution in [-0.2, 0) is 4.79 Å². The fourth-order valence-electron chi connectivity index (χ4n) is 1.75. The number of nitrogens with zero attached hydrogens (tertiary/aromatic N) is 1. The van der Waals surface area contributed by atoms with E-state index in [0.717, 1.165) is 0 Å². The molecule has 0 saturated carbocycles. The van der Waals surface area contributed by atoms with E-state index >= 15 is 0 Å². The zero-order chi connectivity index (χ0) is 13.6. The van der Waals surface area contributed by atoms with Crippen LogP contribution in [0.3, 0.4) is 0 Å². The maximum Gasteiger partial charge on any atom is 0.226 e. The minimum atomic E-state index is -0.759. The van der Waals surface area contributed by atoms with Gasteiger partial charge in [-0.05, 0) is 12.1 Å². The molecule has 0 spiro atoms. The van der Waals surface area contributed by atoms with Crippen molar-refractivity contribution >= 4 is 63.0 Å². The van der Waals surface area contributed by atoms with Gasteiger partial charge in [-0.3, -0.25) is 9.69 Å². The second-order valence-corrected chi connectivity index (χ2v) is 5.35. The van der Waals surface area contributed by atoms with Crippen LogP contribution < -0.4 is 5.73 Å². The number of amides is 1. The third-order valence-electron chi connectivity index (χ3n) is 2.62. The minimum Gasteiger partial charge on any atom is -0.398 e. The Morgan fingerprint density at radius 3 is 2.50 bits per heavy atom. The summed E-state index contributed by atoms with van der Waals surface area (Å²) in [4.78, 5) is 12.7. The molecule has 0 fully saturated rings. The zero-order valence-corrected chi connectivity index (χ0v) is 12.2. The lowest BCUT2D eigenvalue weighted by Crippen LogP contribution is -2.31. The van der Waals surface area contributed by atoms with E-state index in [0.29, 0.717) is 21.8 Å². The normalized spacial score (nSPS) is 18.9. The first-order valence-corrected chi connectivity index (χ1v) is 6.50. The number of carbonyl (C=O) groups is 1. The molecular weight excluding hydrogens is 318 g/mol. The zero-order valence-electron chi connectivity index (χ0n) is 9.18. The molecule has 2 rings (SSSR count). The lowest BCUT2D eigenvalue weighted by molar-refractivity contribution is -0.127. The molecule has 1 aliphatic heterocycles. The maximum atomic E-state index is 11.5. The number of nitrogen functional groups attached to an aromatic ring is 1. The van der Waals surface area contributed by atoms with Gasteiger partial charge in [0.05, 0.1) is 15.7 Å². The number of nitrogens with two attached hydrogens (primary N) is 1. The first-order valence-electron chi connectivity index (χ1n) is 4.93. The summed E-state index contributed by atoms with van der Waals surface area (Å²) in [5, 5.41) is 0.658. The Morgan fingerprint density at radius 2 is 1.94 bits per heavy atom. The van der Waals surface area contributed by atoms with Gasteiger partial charge in [-0.25, -0.2) is 0 Å². The molecule has 1 amide bonds. The van der Waals surface area contributed by atoms with Crippen LogP contribution in [-0.4, -0.2) is 10.8 Å². The highest BCUT2D eigenvalue weighted by Gasteiger charge is 2.33. The topological polar surface area (TPSA) is 46.3 Å². The third-order valence-corrected chi connectivity index (χ3v) is 4.23. The number of anilines is 1. The predicted molar refractivity (Wildman–Crippen MR) is 75.6 cm³/mol. The molecule has 2 N–H and O–H groups in total. The summed E-state index contributed by atoms with van der Waals surface area (Å²) in [6.45, 7) is 1.35. The van der Waals surface area contributed by atoms with Crippen LogP contribution in [0.1, 0.15) is 23.6 Å². The standard InChI is InChI=1S/C11H8Cl4N2O/c1-4(18)17-10(14)6-2-7(12)8(16)3-5(6)9(13)11(17)15/h2-3,10H,16H2,1H3. The third kappa shape index (κ3) is 2.05. The molecule has 1 aliphatic rings. The highest BCUT2D eigenvalue weighted by atomic mass is 35.5. The van der Waals surface area contributed by atoms with Crippen molar-refractivity contribution < 1.29 is 4.79 Å². The van der Waals surface area contributed by atoms with Gasteiger partial charge in [0.2, 0.25) is 5.91 Å². The highest BCUT2D eigenvalue weighted by molar-refractivity contribution is 6.55. The first-order chi connectivity index (χ1) is 8.34. The van der Waals surface area contributed by atoms with Crippen molar-refractivity contribution in [1.29, 1.82) is 0 Å². The van der Waals surface area contributed by atoms with Crippen LogP contribution in [0.2, 0.25) is 5.02 Å². The molecule has 0 radical (unpaired) electrons. The van der Waals surface area contributed by atoms with Gasteiger partial charge in [-0.15, -0.1) is 0 Å². The Kier molecular flexibility index (Phi) is 3.70. The van der Waals surface area contributed by atoms with Crippen LogP contribution in [0.4, 0.5) is 5.69 Å². The SMILES string of the molecule is CC(=O)N1C(Cl)=C(Cl)c2cc(N)c(Cl)cc2C1Cl. The molecule has 3 nitrogen and oxygen atoms in total. The van der Waals surface area contributed by atoms with Crippen molar-refractivity contribution in [2.75, 3.05) is 5.73 Å². The summed E-state index contributed by atoms with van der Waals surface area (Å²) in [6, 6.07) is 3.18. The van der Waals surface area contributed by atoms with Crippen LogP contribution in [0, 0.1) is 0 Å². The van der Waals surface area contributed by atoms with E-state index in [1.807, 2.05) is 0 Å². The molecule has 1 unspecified atom stereocenters. The smallest absolute Gasteiger partial charge is 0.226 e. The molecule has 1 aromatic carbocycles. The lowest BCUT2D eigenvalue weighted by atomic mass is 10.0. The monoisotopic (exact) mass is 324 g/mol. The summed E-state index contributed by atoms with van der Waals surface area (Å²) in [5.41, 5.74) is 6.51. The number of benzene rings is 1. The summed E-state index contributed by atoms with van der Waals surface area (Å²) in [6.07, 6.45) is 0. The molecular formula is C11H8Cl4N2O. The van der Waals surface area contributed by atoms with Crippen molar-refractivity contribution in [3.05, 3.63) is 33.4 Å². The summed E-state index contributed by atoms with van der Waals surface area (Å²) in [5.74, 6) is -0.309. The largest absolute Gasteiger partial charge is 0.398 e. The van der Waals surface area contributed by atoms with Gasteiger partial charge in [-0.1, -0.05) is 46.4 Å². The highest BCUT2D eigenvalue weighted by Crippen LogP contribution is 2.46. The number of carbonyl (C=O) groups excluding carboxylic acids is 1. The lowest BCUT2D eigenvalue weighted by Gasteiger charge is -2.32. The van der Waals surface area contributed by atoms with Crippen molar-refractivity contribution in [3.63, 3.8) is 0 Å². The van der Waals surface area contributed by atoms with Crippen molar-refractivity contribution in [2.45, 2.75) is 12.4 Å². The van der Waals surface area contributed by atoms with E-state index in [4.69, 9.17) is 52.1 Å². The van der Waals surface area contributed by atoms with Crippen molar-refractivity contribution in [3.8, 4) is 0 Å². The van der Waals surface area contributed by atoms with E-state index < -0.39 is 5.50 Å². The Labute approximate surface area is 124 Å². The van der Waals surface area contributed by atoms with Gasteiger partial charge < -0.3 is 5.73 Å². The number of fused-ring (bicyclic) bond motifs is 1. The predicted octanol–water partition coefficient (Wildman–Crippen LogP) is 4.13. The second kappa shape index (κ2) is 4.82. The Balaban J connectivity index is 2.70. The summed E-state index contributed by atoms with van der Waals surface area (Å²) in [7, 11) is 0. The van der Waals surface area contributed by atoms with E-state index in [1.165, 1.54) is 11.8 Å². The maximum absolute atomic E-state index is 11.5. The molecule has 1 aromatic rings. The van der Waals surface area contributed by atoms with E-state index in [1.54, 1.807) is 12.1 Å². The second-order valence-electron chi connectivity index (χ2n) is 3.79. The molecule has 18 heavy (non-hydrogen) atoms. The Morgan fingerprint density at radius 1 is 1.33 bits per heavy atom. The van der Waals surface area contributed by atoms with E-state index in [9.17, 15) is 4.79 Å². The van der Waals surface area contributed by atoms with Gasteiger partial charge in [0.1, 0.15) is 10.7 Å². The molecule has 96 valence electrons. The Bertz CT molecular complexity index is 570. The number of halogens is 4. The molecule has 0 aliphatic carbocycles. The quantitative estimate of drug-likeness (QED) is 0.443. The van der Waals surface area contributed by atoms with Gasteiger partial charge in [0.25, 0.3) is 0 Å². The van der Waals surface area contributed by atoms with Crippen molar-refractivity contribution in [2.24, 2.45) is 0 Å². The molecule has 7 heteroatoms. The Hall–Kier alpha value is -0.610. The summed E-state index contributed by atoms with van der Waals surface area (Å²) < 4.78 is 0. The fourth-order valence-corrected chi connectivity index (χ4v) is 2.96. The minimum absolute atomic E-state index is 0.0818. The molecule has 0 aromatic heterocycles. The molecule has 1 atom stereocenters. The number of hydrogen-bond donors (Lipinski definition) is 1. The average Bonchev–Trinajstić information content (AvgIpc) is 2.29. The van der Waals surface area contributed by atoms with Crippen LogP contribution in [0.25, 0.3) is 5.03 Å². The van der Waals surface area contributed by atoms with Crippen molar-refractivity contribution in [1.82, 2.24) is 4.90 Å². The van der Waals surface area contributed by atoms with Crippen LogP contribution >= 0.6 is 46.4 Å². The fraction of sp³-hybridized carbons (Fsp3) is 0.182.